The van der Waals surface area contributed by atoms with Gasteiger partial charge in [0.1, 0.15) is 5.82 Å². The van der Waals surface area contributed by atoms with Crippen molar-refractivity contribution in [2.24, 2.45) is 0 Å². The number of piperidine rings is 1. The third kappa shape index (κ3) is 3.74. The lowest BCUT2D eigenvalue weighted by atomic mass is 10.0. The zero-order valence-corrected chi connectivity index (χ0v) is 14.8. The first-order chi connectivity index (χ1) is 12.1. The highest BCUT2D eigenvalue weighted by Gasteiger charge is 2.27. The Morgan fingerprint density at radius 1 is 1.32 bits per heavy atom. The molecule has 2 aromatic rings. The van der Waals surface area contributed by atoms with E-state index in [0.717, 1.165) is 50.3 Å². The smallest absolute Gasteiger partial charge is 0.257 e. The first-order valence-electron chi connectivity index (χ1n) is 8.94. The molecule has 6 heteroatoms. The summed E-state index contributed by atoms with van der Waals surface area (Å²) in [4.78, 5) is 15.1. The summed E-state index contributed by atoms with van der Waals surface area (Å²) >= 11 is 0. The Hall–Kier alpha value is -2.21. The molecule has 134 valence electrons. The molecule has 1 saturated heterocycles. The second-order valence-electron chi connectivity index (χ2n) is 6.51. The van der Waals surface area contributed by atoms with E-state index in [1.54, 1.807) is 23.0 Å². The van der Waals surface area contributed by atoms with Gasteiger partial charge in [-0.25, -0.2) is 9.07 Å². The minimum Gasteiger partial charge on any atom is -0.335 e. The van der Waals surface area contributed by atoms with Crippen LogP contribution >= 0.6 is 0 Å². The molecular formula is C19H25FN4O. The van der Waals surface area contributed by atoms with Crippen LogP contribution in [0.3, 0.4) is 0 Å². The number of nitrogens with one attached hydrogen (secondary N) is 1. The number of carbonyl (C=O) groups is 1. The van der Waals surface area contributed by atoms with Gasteiger partial charge >= 0.3 is 0 Å². The van der Waals surface area contributed by atoms with Crippen molar-refractivity contribution in [1.82, 2.24) is 20.0 Å². The van der Waals surface area contributed by atoms with Gasteiger partial charge in [0.15, 0.2) is 0 Å². The van der Waals surface area contributed by atoms with Crippen LogP contribution in [0.4, 0.5) is 4.39 Å². The maximum absolute atomic E-state index is 13.1. The van der Waals surface area contributed by atoms with E-state index in [4.69, 9.17) is 0 Å². The predicted octanol–water partition coefficient (Wildman–Crippen LogP) is 2.92. The third-order valence-electron chi connectivity index (χ3n) is 4.79. The second kappa shape index (κ2) is 7.78. The molecule has 25 heavy (non-hydrogen) atoms. The molecule has 0 atom stereocenters. The molecule has 0 bridgehead atoms. The van der Waals surface area contributed by atoms with Gasteiger partial charge in [0.05, 0.1) is 23.1 Å². The molecular weight excluding hydrogens is 319 g/mol. The Morgan fingerprint density at radius 3 is 2.64 bits per heavy atom. The van der Waals surface area contributed by atoms with Crippen LogP contribution in [0.5, 0.6) is 0 Å². The molecule has 0 unspecified atom stereocenters. The summed E-state index contributed by atoms with van der Waals surface area (Å²) in [6.07, 6.45) is 4.53. The zero-order chi connectivity index (χ0) is 17.8. The van der Waals surface area contributed by atoms with Crippen molar-refractivity contribution in [3.05, 3.63) is 47.5 Å². The number of hydrogen-bond donors (Lipinski definition) is 1. The minimum atomic E-state index is -0.287. The van der Waals surface area contributed by atoms with Crippen molar-refractivity contribution < 1.29 is 9.18 Å². The standard InChI is InChI=1S/C19H25FN4O/c1-3-12-23(16-8-10-21-11-9-16)19(25)18-13-22-24(14(18)2)17-6-4-15(20)5-7-17/h4-7,13,16,21H,3,8-12H2,1-2H3. The van der Waals surface area contributed by atoms with E-state index in [9.17, 15) is 9.18 Å². The number of hydrogen-bond acceptors (Lipinski definition) is 3. The van der Waals surface area contributed by atoms with Crippen LogP contribution in [0.25, 0.3) is 5.69 Å². The van der Waals surface area contributed by atoms with E-state index >= 15 is 0 Å². The summed E-state index contributed by atoms with van der Waals surface area (Å²) in [7, 11) is 0. The third-order valence-corrected chi connectivity index (χ3v) is 4.79. The largest absolute Gasteiger partial charge is 0.335 e. The molecule has 5 nitrogen and oxygen atoms in total. The van der Waals surface area contributed by atoms with E-state index in [2.05, 4.69) is 17.3 Å². The van der Waals surface area contributed by atoms with Gasteiger partial charge in [0.25, 0.3) is 5.91 Å². The Balaban J connectivity index is 1.86. The quantitative estimate of drug-likeness (QED) is 0.907. The van der Waals surface area contributed by atoms with Crippen LogP contribution in [0, 0.1) is 12.7 Å². The molecule has 1 amide bonds. The maximum atomic E-state index is 13.1. The van der Waals surface area contributed by atoms with Crippen LogP contribution in [-0.4, -0.2) is 46.3 Å². The summed E-state index contributed by atoms with van der Waals surface area (Å²) in [5, 5.41) is 7.71. The molecule has 2 heterocycles. The minimum absolute atomic E-state index is 0.0413. The van der Waals surface area contributed by atoms with Crippen molar-refractivity contribution in [2.75, 3.05) is 19.6 Å². The molecule has 1 aromatic carbocycles. The summed E-state index contributed by atoms with van der Waals surface area (Å²) in [6, 6.07) is 6.41. The van der Waals surface area contributed by atoms with Crippen LogP contribution in [0.2, 0.25) is 0 Å². The van der Waals surface area contributed by atoms with Crippen molar-refractivity contribution in [2.45, 2.75) is 39.2 Å². The first kappa shape index (κ1) is 17.6. The average Bonchev–Trinajstić information content (AvgIpc) is 3.02. The van der Waals surface area contributed by atoms with Gasteiger partial charge in [-0.05, 0) is 63.5 Å². The molecule has 0 saturated carbocycles. The fourth-order valence-electron chi connectivity index (χ4n) is 3.43. The molecule has 1 aliphatic heterocycles. The molecule has 1 aliphatic rings. The normalized spacial score (nSPS) is 15.3. The maximum Gasteiger partial charge on any atom is 0.257 e. The molecule has 1 fully saturated rings. The topological polar surface area (TPSA) is 50.2 Å². The van der Waals surface area contributed by atoms with Crippen LogP contribution in [-0.2, 0) is 0 Å². The number of rotatable bonds is 5. The fourth-order valence-corrected chi connectivity index (χ4v) is 3.43. The van der Waals surface area contributed by atoms with Crippen molar-refractivity contribution in [1.29, 1.82) is 0 Å². The van der Waals surface area contributed by atoms with E-state index in [1.807, 2.05) is 11.8 Å². The van der Waals surface area contributed by atoms with Gasteiger partial charge < -0.3 is 10.2 Å². The average molecular weight is 344 g/mol. The van der Waals surface area contributed by atoms with Crippen molar-refractivity contribution in [3.63, 3.8) is 0 Å². The SMILES string of the molecule is CCCN(C(=O)c1cnn(-c2ccc(F)cc2)c1C)C1CCNCC1. The molecule has 3 rings (SSSR count). The van der Waals surface area contributed by atoms with Crippen LogP contribution in [0.1, 0.15) is 42.2 Å². The van der Waals surface area contributed by atoms with Crippen molar-refractivity contribution in [3.8, 4) is 5.69 Å². The van der Waals surface area contributed by atoms with Crippen LogP contribution < -0.4 is 5.32 Å². The first-order valence-corrected chi connectivity index (χ1v) is 8.94. The van der Waals surface area contributed by atoms with Gasteiger partial charge in [0.2, 0.25) is 0 Å². The molecule has 1 N–H and O–H groups in total. The monoisotopic (exact) mass is 344 g/mol. The second-order valence-corrected chi connectivity index (χ2v) is 6.51. The summed E-state index contributed by atoms with van der Waals surface area (Å²) in [5.74, 6) is -0.246. The number of halogens is 1. The summed E-state index contributed by atoms with van der Waals surface area (Å²) in [6.45, 7) is 6.63. The molecule has 0 aliphatic carbocycles. The summed E-state index contributed by atoms with van der Waals surface area (Å²) < 4.78 is 14.8. The number of amides is 1. The van der Waals surface area contributed by atoms with E-state index < -0.39 is 0 Å². The lowest BCUT2D eigenvalue weighted by molar-refractivity contribution is 0.0642. The Labute approximate surface area is 147 Å². The highest BCUT2D eigenvalue weighted by atomic mass is 19.1. The molecule has 0 radical (unpaired) electrons. The Morgan fingerprint density at radius 2 is 2.00 bits per heavy atom. The van der Waals surface area contributed by atoms with Gasteiger partial charge in [0, 0.05) is 12.6 Å². The van der Waals surface area contributed by atoms with Crippen LogP contribution in [0.15, 0.2) is 30.5 Å². The predicted molar refractivity (Wildman–Crippen MR) is 95.5 cm³/mol. The Bertz CT molecular complexity index is 720. The highest BCUT2D eigenvalue weighted by Crippen LogP contribution is 2.20. The van der Waals surface area contributed by atoms with E-state index in [0.29, 0.717) is 5.56 Å². The number of carbonyl (C=O) groups excluding carboxylic acids is 1. The number of aromatic nitrogens is 2. The summed E-state index contributed by atoms with van der Waals surface area (Å²) in [5.41, 5.74) is 2.16. The number of benzene rings is 1. The van der Waals surface area contributed by atoms with Gasteiger partial charge in [-0.3, -0.25) is 4.79 Å². The molecule has 0 spiro atoms. The molecule has 1 aromatic heterocycles. The van der Waals surface area contributed by atoms with E-state index in [-0.39, 0.29) is 17.8 Å². The van der Waals surface area contributed by atoms with Gasteiger partial charge in [-0.1, -0.05) is 6.92 Å². The Kier molecular flexibility index (Phi) is 5.48. The lowest BCUT2D eigenvalue weighted by Gasteiger charge is -2.34. The van der Waals surface area contributed by atoms with Crippen molar-refractivity contribution >= 4 is 5.91 Å². The highest BCUT2D eigenvalue weighted by molar-refractivity contribution is 5.95. The zero-order valence-electron chi connectivity index (χ0n) is 14.8. The van der Waals surface area contributed by atoms with Gasteiger partial charge in [-0.15, -0.1) is 0 Å². The lowest BCUT2D eigenvalue weighted by Crippen LogP contribution is -2.46. The van der Waals surface area contributed by atoms with E-state index in [1.165, 1.54) is 12.1 Å². The number of nitrogens with zero attached hydrogens (tertiary/aromatic N) is 3. The van der Waals surface area contributed by atoms with Gasteiger partial charge in [-0.2, -0.15) is 5.10 Å². The fraction of sp³-hybridized carbons (Fsp3) is 0.474.